The van der Waals surface area contributed by atoms with E-state index in [2.05, 4.69) is 48.6 Å². The first kappa shape index (κ1) is 28.4. The summed E-state index contributed by atoms with van der Waals surface area (Å²) in [5, 5.41) is 54.4. The first-order chi connectivity index (χ1) is 21.2. The second kappa shape index (κ2) is 11.4. The molecule has 0 amide bonds. The Kier molecular flexibility index (Phi) is 7.54. The van der Waals surface area contributed by atoms with E-state index in [1.54, 1.807) is 0 Å². The molecule has 4 aliphatic carbocycles. The lowest BCUT2D eigenvalue weighted by Crippen LogP contribution is -2.62. The maximum Gasteiger partial charge on any atom is 0.0757 e. The largest absolute Gasteiger partial charge is 0.391 e. The van der Waals surface area contributed by atoms with Gasteiger partial charge in [-0.15, -0.1) is 0 Å². The van der Waals surface area contributed by atoms with Gasteiger partial charge < -0.3 is 5.11 Å². The summed E-state index contributed by atoms with van der Waals surface area (Å²) in [6.07, 6.45) is 18.8. The lowest BCUT2D eigenvalue weighted by molar-refractivity contribution is -0.00107. The Morgan fingerprint density at radius 3 is 1.02 bits per heavy atom. The van der Waals surface area contributed by atoms with E-state index in [1.165, 1.54) is 77.0 Å². The molecule has 0 radical (unpaired) electrons. The zero-order valence-electron chi connectivity index (χ0n) is 25.7. The van der Waals surface area contributed by atoms with Crippen molar-refractivity contribution in [3.05, 3.63) is 0 Å². The molecular weight excluding hydrogens is 538 g/mol. The van der Waals surface area contributed by atoms with Crippen LogP contribution in [-0.4, -0.2) is 60.5 Å². The van der Waals surface area contributed by atoms with Crippen LogP contribution in [-0.2, 0) is 0 Å². The van der Waals surface area contributed by atoms with Gasteiger partial charge in [0.25, 0.3) is 0 Å². The molecule has 0 aromatic rings. The van der Waals surface area contributed by atoms with Crippen molar-refractivity contribution < 1.29 is 5.11 Å². The Labute approximate surface area is 257 Å². The molecule has 5 heterocycles. The van der Waals surface area contributed by atoms with Crippen LogP contribution in [0, 0.1) is 64.6 Å². The van der Waals surface area contributed by atoms with Crippen LogP contribution in [0.1, 0.15) is 89.9 Å². The lowest BCUT2D eigenvalue weighted by atomic mass is 9.71. The number of nitrogens with one attached hydrogen (secondary N) is 8. The summed E-state index contributed by atoms with van der Waals surface area (Å²) >= 11 is 0. The van der Waals surface area contributed by atoms with Crippen molar-refractivity contribution in [1.29, 1.82) is 5.26 Å². The van der Waals surface area contributed by atoms with Gasteiger partial charge in [0.1, 0.15) is 0 Å². The minimum atomic E-state index is -0.600. The van der Waals surface area contributed by atoms with Crippen LogP contribution in [0.3, 0.4) is 0 Å². The zero-order chi connectivity index (χ0) is 28.7. The molecule has 10 heteroatoms. The highest BCUT2D eigenvalue weighted by Gasteiger charge is 2.56. The van der Waals surface area contributed by atoms with Crippen LogP contribution >= 0.6 is 0 Å². The third kappa shape index (κ3) is 4.75. The van der Waals surface area contributed by atoms with E-state index in [1.807, 2.05) is 0 Å². The predicted molar refractivity (Wildman–Crippen MR) is 163 cm³/mol. The van der Waals surface area contributed by atoms with Gasteiger partial charge in [-0.2, -0.15) is 5.26 Å². The summed E-state index contributed by atoms with van der Waals surface area (Å²) in [6, 6.07) is 2.45. The monoisotopic (exact) mass is 593 g/mol. The highest BCUT2D eigenvalue weighted by atomic mass is 16.3. The van der Waals surface area contributed by atoms with Crippen molar-refractivity contribution in [2.24, 2.45) is 53.3 Å². The van der Waals surface area contributed by atoms with E-state index in [0.29, 0.717) is 66.1 Å². The van der Waals surface area contributed by atoms with Crippen LogP contribution in [0.2, 0.25) is 0 Å². The smallest absolute Gasteiger partial charge is 0.0757 e. The highest BCUT2D eigenvalue weighted by Crippen LogP contribution is 2.46. The molecule has 238 valence electrons. The third-order valence-electron chi connectivity index (χ3n) is 14.2. The Balaban J connectivity index is 1.06. The molecule has 0 spiro atoms. The molecule has 9 rings (SSSR count). The lowest BCUT2D eigenvalue weighted by Gasteiger charge is -2.39. The van der Waals surface area contributed by atoms with E-state index in [4.69, 9.17) is 0 Å². The van der Waals surface area contributed by atoms with Gasteiger partial charge in [0.2, 0.25) is 0 Å². The second-order valence-electron chi connectivity index (χ2n) is 16.0. The predicted octanol–water partition coefficient (Wildman–Crippen LogP) is 1.33. The quantitative estimate of drug-likeness (QED) is 0.202. The van der Waals surface area contributed by atoms with E-state index < -0.39 is 6.10 Å². The number of fused-ring (bicyclic) bond motifs is 20. The zero-order valence-corrected chi connectivity index (χ0v) is 25.7. The average molecular weight is 594 g/mol. The number of aliphatic hydroxyl groups excluding tert-OH is 1. The van der Waals surface area contributed by atoms with E-state index in [0.717, 1.165) is 12.8 Å². The molecule has 18 unspecified atom stereocenters. The SMILES string of the molecule is N#CC1CCC2C3NC4NC(NC5NC(NC6NC(NC(N3)C2C1O)C1CCCCC61)C1CCCCC51)C1CCCCC41. The van der Waals surface area contributed by atoms with Gasteiger partial charge in [0.15, 0.2) is 0 Å². The summed E-state index contributed by atoms with van der Waals surface area (Å²) in [5.74, 6) is 3.88. The maximum atomic E-state index is 11.6. The van der Waals surface area contributed by atoms with Crippen LogP contribution in [0.4, 0.5) is 0 Å². The van der Waals surface area contributed by atoms with Gasteiger partial charge in [0, 0.05) is 5.92 Å². The molecule has 43 heavy (non-hydrogen) atoms. The number of rotatable bonds is 0. The van der Waals surface area contributed by atoms with Crippen molar-refractivity contribution in [2.75, 3.05) is 0 Å². The fourth-order valence-corrected chi connectivity index (χ4v) is 12.2. The number of aliphatic hydroxyl groups is 1. The number of hydrogen-bond donors (Lipinski definition) is 9. The summed E-state index contributed by atoms with van der Waals surface area (Å²) < 4.78 is 0. The third-order valence-corrected chi connectivity index (χ3v) is 14.2. The van der Waals surface area contributed by atoms with E-state index in [9.17, 15) is 10.4 Å². The minimum Gasteiger partial charge on any atom is -0.391 e. The molecule has 9 aliphatic rings. The minimum absolute atomic E-state index is 0.0189. The Morgan fingerprint density at radius 2 is 0.698 bits per heavy atom. The Morgan fingerprint density at radius 1 is 0.395 bits per heavy atom. The van der Waals surface area contributed by atoms with Crippen LogP contribution in [0.15, 0.2) is 0 Å². The van der Waals surface area contributed by atoms with E-state index >= 15 is 0 Å². The van der Waals surface area contributed by atoms with Crippen LogP contribution < -0.4 is 42.5 Å². The molecule has 4 saturated carbocycles. The molecule has 0 aromatic carbocycles. The van der Waals surface area contributed by atoms with Gasteiger partial charge in [0.05, 0.1) is 67.4 Å². The molecule has 0 aromatic heterocycles. The van der Waals surface area contributed by atoms with Crippen molar-refractivity contribution >= 4 is 0 Å². The fraction of sp³-hybridized carbons (Fsp3) is 0.970. The molecule has 9 N–H and O–H groups in total. The normalized spacial score (nSPS) is 57.7. The fourth-order valence-electron chi connectivity index (χ4n) is 12.2. The maximum absolute atomic E-state index is 11.6. The van der Waals surface area contributed by atoms with Gasteiger partial charge >= 0.3 is 0 Å². The van der Waals surface area contributed by atoms with Gasteiger partial charge in [-0.25, -0.2) is 0 Å². The first-order valence-corrected chi connectivity index (χ1v) is 18.3. The van der Waals surface area contributed by atoms with Crippen LogP contribution in [0.5, 0.6) is 0 Å². The topological polar surface area (TPSA) is 140 Å². The summed E-state index contributed by atoms with van der Waals surface area (Å²) in [7, 11) is 0. The molecule has 9 fully saturated rings. The molecule has 5 aliphatic heterocycles. The molecule has 8 bridgehead atoms. The first-order valence-electron chi connectivity index (χ1n) is 18.3. The summed E-state index contributed by atoms with van der Waals surface area (Å²) in [5.41, 5.74) is 0. The van der Waals surface area contributed by atoms with Crippen molar-refractivity contribution in [3.8, 4) is 6.07 Å². The molecule has 10 nitrogen and oxygen atoms in total. The molecule has 18 atom stereocenters. The van der Waals surface area contributed by atoms with Crippen molar-refractivity contribution in [2.45, 2.75) is 145 Å². The standard InChI is InChI=1S/C33H55N9O/c34-15-16-13-14-23-24(25(16)43)33-41-31-22-12-6-5-11-21(22)29(39-31)37-27-18-8-2-1-7-17(18)26(35-27)36-28-19-9-3-4-10-20(19)30(38-28)40-32(23)42-33/h16-33,35-43H,1-14H2. The van der Waals surface area contributed by atoms with Gasteiger partial charge in [-0.1, -0.05) is 38.5 Å². The van der Waals surface area contributed by atoms with Crippen molar-refractivity contribution in [3.63, 3.8) is 0 Å². The van der Waals surface area contributed by atoms with Gasteiger partial charge in [-0.05, 0) is 92.8 Å². The summed E-state index contributed by atoms with van der Waals surface area (Å²) in [6.45, 7) is 0. The Hall–Kier alpha value is -0.870. The average Bonchev–Trinajstić information content (AvgIpc) is 3.77. The molecule has 5 saturated heterocycles. The van der Waals surface area contributed by atoms with Gasteiger partial charge in [-0.3, -0.25) is 42.5 Å². The van der Waals surface area contributed by atoms with Crippen molar-refractivity contribution in [1.82, 2.24) is 42.5 Å². The van der Waals surface area contributed by atoms with E-state index in [-0.39, 0.29) is 36.5 Å². The van der Waals surface area contributed by atoms with Crippen LogP contribution in [0.25, 0.3) is 0 Å². The number of nitriles is 1. The molecular formula is C33H55N9O. The second-order valence-corrected chi connectivity index (χ2v) is 16.0. The Bertz CT molecular complexity index is 1070. The number of nitrogens with zero attached hydrogens (tertiary/aromatic N) is 1. The summed E-state index contributed by atoms with van der Waals surface area (Å²) in [4.78, 5) is 0. The highest BCUT2D eigenvalue weighted by molar-refractivity contribution is 5.11. The number of hydrogen-bond acceptors (Lipinski definition) is 10.